The van der Waals surface area contributed by atoms with E-state index in [1.807, 2.05) is 0 Å². The molecule has 0 spiro atoms. The van der Waals surface area contributed by atoms with Crippen molar-refractivity contribution in [1.29, 1.82) is 0 Å². The molecule has 2 N–H and O–H groups in total. The Morgan fingerprint density at radius 3 is 1.91 bits per heavy atom. The lowest BCUT2D eigenvalue weighted by Gasteiger charge is -2.15. The molecule has 114 valence electrons. The molecular formula is C16H15NO4S. The first-order chi connectivity index (χ1) is 10.4. The van der Waals surface area contributed by atoms with Gasteiger partial charge in [0.15, 0.2) is 15.1 Å². The molecule has 2 aromatic carbocycles. The highest BCUT2D eigenvalue weighted by Gasteiger charge is 2.36. The second kappa shape index (κ2) is 6.53. The third kappa shape index (κ3) is 3.59. The van der Waals surface area contributed by atoms with E-state index in [1.165, 1.54) is 12.1 Å². The molecule has 0 aromatic heterocycles. The number of amides is 1. The van der Waals surface area contributed by atoms with Crippen LogP contribution in [0.5, 0.6) is 0 Å². The van der Waals surface area contributed by atoms with Crippen LogP contribution in [0.4, 0.5) is 0 Å². The Kier molecular flexibility index (Phi) is 4.72. The fourth-order valence-corrected chi connectivity index (χ4v) is 4.01. The molecule has 6 heteroatoms. The lowest BCUT2D eigenvalue weighted by molar-refractivity contribution is -0.135. The summed E-state index contributed by atoms with van der Waals surface area (Å²) in [6.45, 7) is 0. The molecule has 0 heterocycles. The summed E-state index contributed by atoms with van der Waals surface area (Å²) >= 11 is 0. The number of ketones is 1. The zero-order valence-electron chi connectivity index (χ0n) is 11.7. The smallest absolute Gasteiger partial charge is 0.286 e. The van der Waals surface area contributed by atoms with Crippen molar-refractivity contribution in [3.8, 4) is 0 Å². The summed E-state index contributed by atoms with van der Waals surface area (Å²) in [5.74, 6) is -2.72. The van der Waals surface area contributed by atoms with Crippen molar-refractivity contribution in [2.45, 2.75) is 11.0 Å². The summed E-state index contributed by atoms with van der Waals surface area (Å²) in [6, 6.07) is 16.4. The molecule has 0 saturated heterocycles. The molecule has 5 nitrogen and oxygen atoms in total. The topological polar surface area (TPSA) is 94.3 Å². The van der Waals surface area contributed by atoms with Crippen LogP contribution in [0.25, 0.3) is 0 Å². The molecule has 1 atom stereocenters. The van der Waals surface area contributed by atoms with E-state index in [0.29, 0.717) is 5.56 Å². The summed E-state index contributed by atoms with van der Waals surface area (Å²) in [5, 5.41) is -1.58. The van der Waals surface area contributed by atoms with Crippen molar-refractivity contribution >= 4 is 21.5 Å². The molecule has 0 aliphatic carbocycles. The van der Waals surface area contributed by atoms with Crippen LogP contribution in [-0.2, 0) is 25.2 Å². The fourth-order valence-electron chi connectivity index (χ4n) is 2.17. The van der Waals surface area contributed by atoms with E-state index < -0.39 is 26.8 Å². The van der Waals surface area contributed by atoms with Gasteiger partial charge < -0.3 is 5.73 Å². The van der Waals surface area contributed by atoms with Crippen molar-refractivity contribution in [1.82, 2.24) is 0 Å². The normalized spacial score (nSPS) is 12.5. The lowest BCUT2D eigenvalue weighted by atomic mass is 10.1. The molecule has 22 heavy (non-hydrogen) atoms. The Labute approximate surface area is 128 Å². The van der Waals surface area contributed by atoms with E-state index in [9.17, 15) is 18.0 Å². The van der Waals surface area contributed by atoms with Gasteiger partial charge in [0.1, 0.15) is 0 Å². The third-order valence-electron chi connectivity index (χ3n) is 3.15. The van der Waals surface area contributed by atoms with E-state index in [1.54, 1.807) is 48.5 Å². The van der Waals surface area contributed by atoms with Gasteiger partial charge in [-0.3, -0.25) is 9.59 Å². The highest BCUT2D eigenvalue weighted by Crippen LogP contribution is 2.26. The van der Waals surface area contributed by atoms with Crippen molar-refractivity contribution in [3.63, 3.8) is 0 Å². The highest BCUT2D eigenvalue weighted by atomic mass is 32.2. The third-order valence-corrected chi connectivity index (χ3v) is 5.09. The van der Waals surface area contributed by atoms with Gasteiger partial charge in [0.2, 0.25) is 5.78 Å². The molecule has 0 radical (unpaired) electrons. The molecule has 0 fully saturated rings. The van der Waals surface area contributed by atoms with E-state index in [2.05, 4.69) is 0 Å². The van der Waals surface area contributed by atoms with Crippen LogP contribution in [0.15, 0.2) is 60.7 Å². The van der Waals surface area contributed by atoms with Gasteiger partial charge in [-0.25, -0.2) is 8.42 Å². The van der Waals surface area contributed by atoms with Gasteiger partial charge >= 0.3 is 0 Å². The predicted octanol–water partition coefficient (Wildman–Crippen LogP) is 1.40. The quantitative estimate of drug-likeness (QED) is 0.815. The van der Waals surface area contributed by atoms with Crippen LogP contribution < -0.4 is 5.73 Å². The average molecular weight is 317 g/mol. The van der Waals surface area contributed by atoms with Crippen LogP contribution in [0.2, 0.25) is 0 Å². The predicted molar refractivity (Wildman–Crippen MR) is 82.5 cm³/mol. The summed E-state index contributed by atoms with van der Waals surface area (Å²) < 4.78 is 25.2. The SMILES string of the molecule is NC(=O)C(=O)[C@H](c1ccccc1)S(=O)(=O)Cc1ccccc1. The summed E-state index contributed by atoms with van der Waals surface area (Å²) in [6.07, 6.45) is 0. The minimum absolute atomic E-state index is 0.238. The summed E-state index contributed by atoms with van der Waals surface area (Å²) in [7, 11) is -3.92. The first kappa shape index (κ1) is 15.9. The zero-order valence-corrected chi connectivity index (χ0v) is 12.5. The monoisotopic (exact) mass is 317 g/mol. The van der Waals surface area contributed by atoms with Crippen molar-refractivity contribution in [2.75, 3.05) is 0 Å². The zero-order chi connectivity index (χ0) is 16.2. The lowest BCUT2D eigenvalue weighted by Crippen LogP contribution is -2.33. The van der Waals surface area contributed by atoms with E-state index >= 15 is 0 Å². The number of benzene rings is 2. The number of Topliss-reactive ketones (excluding diaryl/α,β-unsaturated/α-hetero) is 1. The van der Waals surface area contributed by atoms with Gasteiger partial charge in [-0.1, -0.05) is 60.7 Å². The summed E-state index contributed by atoms with van der Waals surface area (Å²) in [5.41, 5.74) is 5.79. The molecule has 1 amide bonds. The van der Waals surface area contributed by atoms with Crippen LogP contribution in [0, 0.1) is 0 Å². The highest BCUT2D eigenvalue weighted by molar-refractivity contribution is 7.91. The Balaban J connectivity index is 2.44. The number of carbonyl (C=O) groups is 2. The van der Waals surface area contributed by atoms with Crippen LogP contribution in [-0.4, -0.2) is 20.1 Å². The Hall–Kier alpha value is -2.47. The van der Waals surface area contributed by atoms with E-state index in [-0.39, 0.29) is 11.3 Å². The number of rotatable bonds is 6. The number of nitrogens with two attached hydrogens (primary N) is 1. The average Bonchev–Trinajstić information content (AvgIpc) is 2.48. The van der Waals surface area contributed by atoms with Crippen molar-refractivity contribution < 1.29 is 18.0 Å². The Bertz CT molecular complexity index is 770. The van der Waals surface area contributed by atoms with Crippen molar-refractivity contribution in [2.24, 2.45) is 5.73 Å². The van der Waals surface area contributed by atoms with Gasteiger partial charge in [-0.05, 0) is 11.1 Å². The molecule has 2 aromatic rings. The number of hydrogen-bond donors (Lipinski definition) is 1. The number of carbonyl (C=O) groups excluding carboxylic acids is 2. The van der Waals surface area contributed by atoms with Crippen LogP contribution in [0.1, 0.15) is 16.4 Å². The molecule has 0 aliphatic rings. The van der Waals surface area contributed by atoms with Gasteiger partial charge in [0, 0.05) is 0 Å². The van der Waals surface area contributed by atoms with Gasteiger partial charge in [0.05, 0.1) is 5.75 Å². The van der Waals surface area contributed by atoms with Crippen LogP contribution in [0.3, 0.4) is 0 Å². The standard InChI is InChI=1S/C16H15NO4S/c17-16(19)14(18)15(13-9-5-2-6-10-13)22(20,21)11-12-7-3-1-4-8-12/h1-10,15H,11H2,(H2,17,19)/t15-/m0/s1. The van der Waals surface area contributed by atoms with Crippen molar-refractivity contribution in [3.05, 3.63) is 71.8 Å². The maximum atomic E-state index is 12.6. The van der Waals surface area contributed by atoms with Gasteiger partial charge in [0.25, 0.3) is 5.91 Å². The largest absolute Gasteiger partial charge is 0.363 e. The van der Waals surface area contributed by atoms with E-state index in [0.717, 1.165) is 0 Å². The first-order valence-corrected chi connectivity index (χ1v) is 8.27. The molecule has 2 rings (SSSR count). The van der Waals surface area contributed by atoms with Gasteiger partial charge in [-0.15, -0.1) is 0 Å². The molecule has 0 bridgehead atoms. The minimum atomic E-state index is -3.92. The maximum absolute atomic E-state index is 12.6. The van der Waals surface area contributed by atoms with Crippen LogP contribution >= 0.6 is 0 Å². The number of sulfone groups is 1. The minimum Gasteiger partial charge on any atom is -0.363 e. The second-order valence-electron chi connectivity index (χ2n) is 4.81. The second-order valence-corrected chi connectivity index (χ2v) is 6.90. The molecule has 0 aliphatic heterocycles. The Morgan fingerprint density at radius 2 is 1.41 bits per heavy atom. The Morgan fingerprint density at radius 1 is 0.909 bits per heavy atom. The first-order valence-electron chi connectivity index (χ1n) is 6.56. The maximum Gasteiger partial charge on any atom is 0.286 e. The number of hydrogen-bond acceptors (Lipinski definition) is 4. The van der Waals surface area contributed by atoms with E-state index in [4.69, 9.17) is 5.73 Å². The molecular weight excluding hydrogens is 302 g/mol. The molecule has 0 saturated carbocycles. The fraction of sp³-hybridized carbons (Fsp3) is 0.125. The summed E-state index contributed by atoms with van der Waals surface area (Å²) in [4.78, 5) is 23.2. The van der Waals surface area contributed by atoms with Gasteiger partial charge in [-0.2, -0.15) is 0 Å². The number of primary amides is 1. The molecule has 0 unspecified atom stereocenters.